The first-order chi connectivity index (χ1) is 24.7. The molecule has 3 aliphatic heterocycles. The predicted octanol–water partition coefficient (Wildman–Crippen LogP) is -2.62. The molecule has 3 saturated heterocycles. The van der Waals surface area contributed by atoms with Crippen molar-refractivity contribution in [3.63, 3.8) is 0 Å². The largest absolute Gasteiger partial charge is 0.508 e. The fourth-order valence-electron chi connectivity index (χ4n) is 6.10. The van der Waals surface area contributed by atoms with Gasteiger partial charge in [-0.25, -0.2) is 0 Å². The molecular formula is C33H40O19. The van der Waals surface area contributed by atoms with E-state index in [0.717, 1.165) is 6.07 Å². The van der Waals surface area contributed by atoms with E-state index in [-0.39, 0.29) is 33.8 Å². The van der Waals surface area contributed by atoms with E-state index < -0.39 is 116 Å². The van der Waals surface area contributed by atoms with Crippen molar-refractivity contribution in [1.82, 2.24) is 0 Å². The summed E-state index contributed by atoms with van der Waals surface area (Å²) in [4.78, 5) is 14.0. The average Bonchev–Trinajstić information content (AvgIpc) is 3.42. The Morgan fingerprint density at radius 3 is 2.25 bits per heavy atom. The molecule has 6 rings (SSSR count). The molecule has 0 unspecified atom stereocenters. The number of benzene rings is 2. The molecule has 52 heavy (non-hydrogen) atoms. The van der Waals surface area contributed by atoms with E-state index >= 15 is 0 Å². The fourth-order valence-corrected chi connectivity index (χ4v) is 6.10. The molecule has 0 bridgehead atoms. The van der Waals surface area contributed by atoms with Gasteiger partial charge in [-0.3, -0.25) is 4.79 Å². The van der Waals surface area contributed by atoms with Crippen LogP contribution in [-0.2, 0) is 23.7 Å². The Balaban J connectivity index is 1.37. The van der Waals surface area contributed by atoms with E-state index in [0.29, 0.717) is 0 Å². The van der Waals surface area contributed by atoms with Gasteiger partial charge >= 0.3 is 0 Å². The van der Waals surface area contributed by atoms with Crippen molar-refractivity contribution in [3.8, 4) is 34.3 Å². The first-order valence-corrected chi connectivity index (χ1v) is 16.1. The summed E-state index contributed by atoms with van der Waals surface area (Å²) in [7, 11) is 1.33. The van der Waals surface area contributed by atoms with Crippen LogP contribution in [0.3, 0.4) is 0 Å². The molecule has 1 aromatic heterocycles. The Morgan fingerprint density at radius 1 is 0.885 bits per heavy atom. The van der Waals surface area contributed by atoms with Crippen LogP contribution in [0.2, 0.25) is 0 Å². The van der Waals surface area contributed by atoms with Crippen LogP contribution in [-0.4, -0.2) is 157 Å². The standard InChI is InChI=1S/C33H40O19/c1-12-20(37)23(40)24(41)30(48-12)51-27-21(38)18(9-46-32-29(43)33(44,10-34)11-47-32)50-31(25(27)42)52-28-22(39)19-16(36)7-15(45-2)8-17(19)49-26(28)13-3-5-14(35)6-4-13/h3-8,12,18,20-21,23-25,27,29-32,34-38,40-44H,9-11H2,1-2H3/t12-,18+,20-,21+,23+,24-,25+,27-,29+,30-,31-,32+,33+/m0/s1. The average molecular weight is 741 g/mol. The third kappa shape index (κ3) is 7.03. The fraction of sp³-hybridized carbons (Fsp3) is 0.545. The van der Waals surface area contributed by atoms with Crippen molar-refractivity contribution in [3.05, 3.63) is 46.6 Å². The second-order valence-corrected chi connectivity index (χ2v) is 12.8. The van der Waals surface area contributed by atoms with Crippen molar-refractivity contribution < 1.29 is 88.6 Å². The number of hydrogen-bond donors (Lipinski definition) is 10. The number of ether oxygens (including phenoxy) is 7. The summed E-state index contributed by atoms with van der Waals surface area (Å²) in [6.07, 6.45) is -20.3. The lowest BCUT2D eigenvalue weighted by atomic mass is 9.97. The Morgan fingerprint density at radius 2 is 1.60 bits per heavy atom. The number of aliphatic hydroxyl groups excluding tert-OH is 7. The lowest BCUT2D eigenvalue weighted by Gasteiger charge is -2.46. The lowest BCUT2D eigenvalue weighted by Crippen LogP contribution is -2.65. The second kappa shape index (κ2) is 15.0. The molecule has 13 atom stereocenters. The van der Waals surface area contributed by atoms with E-state index in [1.54, 1.807) is 0 Å². The number of methoxy groups -OCH3 is 1. The van der Waals surface area contributed by atoms with E-state index in [4.69, 9.17) is 37.6 Å². The zero-order valence-electron chi connectivity index (χ0n) is 27.7. The van der Waals surface area contributed by atoms with Crippen LogP contribution in [0.1, 0.15) is 6.92 Å². The molecule has 3 aromatic rings. The van der Waals surface area contributed by atoms with Crippen molar-refractivity contribution in [1.29, 1.82) is 0 Å². The summed E-state index contributed by atoms with van der Waals surface area (Å²) < 4.78 is 45.1. The number of fused-ring (bicyclic) bond motifs is 1. The van der Waals surface area contributed by atoms with Crippen LogP contribution >= 0.6 is 0 Å². The SMILES string of the molecule is COc1cc(O)c2c(=O)c(O[C@@H]3O[C@H](CO[C@@H]4OC[C@](O)(CO)[C@@H]4O)[C@@H](O)[C@H](O[C@@H]4O[C@@H](C)[C@H](O)[C@@H](O)[C@@H]4O)[C@H]3O)c(-c3ccc(O)cc3)oc2c1. The zero-order chi connectivity index (χ0) is 37.6. The van der Waals surface area contributed by atoms with Gasteiger partial charge in [-0.1, -0.05) is 0 Å². The topological polar surface area (TPSA) is 297 Å². The Bertz CT molecular complexity index is 1770. The maximum Gasteiger partial charge on any atom is 0.239 e. The quantitative estimate of drug-likeness (QED) is 0.102. The summed E-state index contributed by atoms with van der Waals surface area (Å²) in [5.74, 6) is -1.38. The number of hydrogen-bond acceptors (Lipinski definition) is 19. The van der Waals surface area contributed by atoms with Crippen molar-refractivity contribution >= 4 is 11.0 Å². The van der Waals surface area contributed by atoms with Crippen LogP contribution in [0.25, 0.3) is 22.3 Å². The van der Waals surface area contributed by atoms with E-state index in [2.05, 4.69) is 0 Å². The number of phenolic OH excluding ortho intramolecular Hbond substituents is 2. The Kier molecular flexibility index (Phi) is 11.0. The van der Waals surface area contributed by atoms with E-state index in [1.807, 2.05) is 0 Å². The molecule has 286 valence electrons. The molecule has 0 aliphatic carbocycles. The van der Waals surface area contributed by atoms with Gasteiger partial charge in [0.25, 0.3) is 0 Å². The highest BCUT2D eigenvalue weighted by Gasteiger charge is 2.53. The third-order valence-corrected chi connectivity index (χ3v) is 9.25. The lowest BCUT2D eigenvalue weighted by molar-refractivity contribution is -0.352. The highest BCUT2D eigenvalue weighted by atomic mass is 16.7. The minimum Gasteiger partial charge on any atom is -0.508 e. The molecule has 10 N–H and O–H groups in total. The molecule has 19 nitrogen and oxygen atoms in total. The predicted molar refractivity (Wildman–Crippen MR) is 170 cm³/mol. The van der Waals surface area contributed by atoms with Crippen LogP contribution < -0.4 is 14.9 Å². The summed E-state index contributed by atoms with van der Waals surface area (Å²) in [5, 5.41) is 105. The van der Waals surface area contributed by atoms with E-state index in [9.17, 15) is 55.9 Å². The summed E-state index contributed by atoms with van der Waals surface area (Å²) in [6, 6.07) is 7.86. The minimum absolute atomic E-state index is 0.121. The molecule has 4 heterocycles. The van der Waals surface area contributed by atoms with Gasteiger partial charge in [-0.2, -0.15) is 0 Å². The molecule has 0 spiro atoms. The van der Waals surface area contributed by atoms with Crippen LogP contribution in [0.15, 0.2) is 45.6 Å². The maximum absolute atomic E-state index is 14.0. The monoisotopic (exact) mass is 740 g/mol. The van der Waals surface area contributed by atoms with Gasteiger partial charge in [0.2, 0.25) is 17.5 Å². The van der Waals surface area contributed by atoms with Gasteiger partial charge in [0.15, 0.2) is 18.3 Å². The number of aliphatic hydroxyl groups is 8. The third-order valence-electron chi connectivity index (χ3n) is 9.25. The number of rotatable bonds is 10. The number of phenols is 2. The van der Waals surface area contributed by atoms with Gasteiger partial charge in [-0.05, 0) is 31.2 Å². The van der Waals surface area contributed by atoms with E-state index in [1.165, 1.54) is 44.4 Å². The van der Waals surface area contributed by atoms with Crippen molar-refractivity contribution in [2.45, 2.75) is 86.3 Å². The molecule has 19 heteroatoms. The summed E-state index contributed by atoms with van der Waals surface area (Å²) in [6.45, 7) is -0.637. The Hall–Kier alpha value is -3.67. The minimum atomic E-state index is -2.05. The van der Waals surface area contributed by atoms with Gasteiger partial charge in [0.1, 0.15) is 82.7 Å². The summed E-state index contributed by atoms with van der Waals surface area (Å²) in [5.41, 5.74) is -2.93. The van der Waals surface area contributed by atoms with Crippen LogP contribution in [0.4, 0.5) is 0 Å². The Labute approximate surface area is 293 Å². The highest BCUT2D eigenvalue weighted by molar-refractivity contribution is 5.88. The van der Waals surface area contributed by atoms with Gasteiger partial charge in [0.05, 0.1) is 33.0 Å². The van der Waals surface area contributed by atoms with Gasteiger partial charge in [0, 0.05) is 17.7 Å². The van der Waals surface area contributed by atoms with Gasteiger partial charge < -0.3 is 88.6 Å². The van der Waals surface area contributed by atoms with Crippen molar-refractivity contribution in [2.24, 2.45) is 0 Å². The first-order valence-electron chi connectivity index (χ1n) is 16.1. The number of aromatic hydroxyl groups is 2. The van der Waals surface area contributed by atoms with Crippen LogP contribution in [0.5, 0.6) is 23.0 Å². The molecular weight excluding hydrogens is 700 g/mol. The second-order valence-electron chi connectivity index (χ2n) is 12.8. The zero-order valence-corrected chi connectivity index (χ0v) is 27.7. The maximum atomic E-state index is 14.0. The summed E-state index contributed by atoms with van der Waals surface area (Å²) >= 11 is 0. The molecule has 0 radical (unpaired) electrons. The molecule has 0 saturated carbocycles. The molecule has 3 aliphatic rings. The van der Waals surface area contributed by atoms with Gasteiger partial charge in [-0.15, -0.1) is 0 Å². The molecule has 3 fully saturated rings. The molecule has 0 amide bonds. The molecule has 2 aromatic carbocycles. The van der Waals surface area contributed by atoms with Crippen LogP contribution in [0, 0.1) is 0 Å². The highest BCUT2D eigenvalue weighted by Crippen LogP contribution is 2.38. The normalized spacial score (nSPS) is 36.6. The smallest absolute Gasteiger partial charge is 0.239 e. The van der Waals surface area contributed by atoms with Crippen molar-refractivity contribution in [2.75, 3.05) is 26.9 Å². The first kappa shape index (κ1) is 38.1.